The first-order chi connectivity index (χ1) is 10.8. The Bertz CT molecular complexity index is 402. The number of carbonyl (C=O) groups is 1. The zero-order chi connectivity index (χ0) is 17.5. The van der Waals surface area contributed by atoms with Crippen LogP contribution in [0.15, 0.2) is 4.99 Å². The summed E-state index contributed by atoms with van der Waals surface area (Å²) >= 11 is 0. The minimum absolute atomic E-state index is 0. The van der Waals surface area contributed by atoms with Crippen molar-refractivity contribution in [2.75, 3.05) is 46.3 Å². The second-order valence-corrected chi connectivity index (χ2v) is 6.75. The number of likely N-dealkylation sites (N-methyl/N-ethyl adjacent to an activating group) is 1. The second kappa shape index (κ2) is 11.0. The SMILES string of the molecule is CCN(CC)CCNC(=NC)NC1CN(C(=O)OC(C)(C)C)C1.I. The maximum Gasteiger partial charge on any atom is 0.410 e. The Kier molecular flexibility index (Phi) is 10.6. The van der Waals surface area contributed by atoms with Gasteiger partial charge in [0.25, 0.3) is 0 Å². The number of rotatable bonds is 6. The van der Waals surface area contributed by atoms with E-state index in [0.717, 1.165) is 32.1 Å². The smallest absolute Gasteiger partial charge is 0.410 e. The molecule has 0 atom stereocenters. The Balaban J connectivity index is 0.00000529. The van der Waals surface area contributed by atoms with Crippen LogP contribution in [0.1, 0.15) is 34.6 Å². The summed E-state index contributed by atoms with van der Waals surface area (Å²) in [6.07, 6.45) is -0.250. The lowest BCUT2D eigenvalue weighted by molar-refractivity contribution is 0.00701. The van der Waals surface area contributed by atoms with Gasteiger partial charge in [-0.3, -0.25) is 4.99 Å². The quantitative estimate of drug-likeness (QED) is 0.363. The van der Waals surface area contributed by atoms with Gasteiger partial charge in [0.05, 0.1) is 6.04 Å². The first kappa shape index (κ1) is 23.2. The van der Waals surface area contributed by atoms with Crippen molar-refractivity contribution in [1.29, 1.82) is 0 Å². The van der Waals surface area contributed by atoms with E-state index in [2.05, 4.69) is 34.4 Å². The minimum atomic E-state index is -0.447. The van der Waals surface area contributed by atoms with Gasteiger partial charge >= 0.3 is 6.09 Å². The Labute approximate surface area is 163 Å². The van der Waals surface area contributed by atoms with Crippen molar-refractivity contribution in [2.45, 2.75) is 46.3 Å². The lowest BCUT2D eigenvalue weighted by atomic mass is 10.1. The number of halogens is 1. The van der Waals surface area contributed by atoms with Crippen molar-refractivity contribution >= 4 is 36.0 Å². The number of ether oxygens (including phenoxy) is 1. The molecule has 0 aromatic heterocycles. The predicted molar refractivity (Wildman–Crippen MR) is 109 cm³/mol. The third-order valence-corrected chi connectivity index (χ3v) is 3.71. The summed E-state index contributed by atoms with van der Waals surface area (Å²) in [4.78, 5) is 20.2. The van der Waals surface area contributed by atoms with Crippen LogP contribution in [0, 0.1) is 0 Å². The van der Waals surface area contributed by atoms with E-state index < -0.39 is 5.60 Å². The van der Waals surface area contributed by atoms with Gasteiger partial charge in [0.1, 0.15) is 5.60 Å². The fraction of sp³-hybridized carbons (Fsp3) is 0.875. The van der Waals surface area contributed by atoms with Gasteiger partial charge in [0, 0.05) is 33.2 Å². The number of hydrogen-bond acceptors (Lipinski definition) is 4. The normalized spacial score (nSPS) is 15.6. The summed E-state index contributed by atoms with van der Waals surface area (Å²) in [5, 5.41) is 6.64. The summed E-state index contributed by atoms with van der Waals surface area (Å²) in [5.41, 5.74) is -0.447. The van der Waals surface area contributed by atoms with Crippen molar-refractivity contribution < 1.29 is 9.53 Å². The first-order valence-electron chi connectivity index (χ1n) is 8.46. The van der Waals surface area contributed by atoms with Gasteiger partial charge in [-0.15, -0.1) is 24.0 Å². The number of hydrogen-bond donors (Lipinski definition) is 2. The van der Waals surface area contributed by atoms with Gasteiger partial charge in [-0.2, -0.15) is 0 Å². The van der Waals surface area contributed by atoms with Gasteiger partial charge in [0.15, 0.2) is 5.96 Å². The predicted octanol–water partition coefficient (Wildman–Crippen LogP) is 1.73. The summed E-state index contributed by atoms with van der Waals surface area (Å²) in [7, 11) is 1.76. The number of amides is 1. The first-order valence-corrected chi connectivity index (χ1v) is 8.46. The molecule has 0 aromatic carbocycles. The van der Waals surface area contributed by atoms with E-state index in [4.69, 9.17) is 4.74 Å². The Hall–Kier alpha value is -0.770. The van der Waals surface area contributed by atoms with E-state index in [9.17, 15) is 4.79 Å². The third kappa shape index (κ3) is 8.36. The van der Waals surface area contributed by atoms with Crippen molar-refractivity contribution in [3.8, 4) is 0 Å². The third-order valence-electron chi connectivity index (χ3n) is 3.71. The molecule has 0 radical (unpaired) electrons. The zero-order valence-electron chi connectivity index (χ0n) is 15.9. The van der Waals surface area contributed by atoms with Crippen LogP contribution in [0.5, 0.6) is 0 Å². The molecule has 1 aliphatic rings. The Morgan fingerprint density at radius 1 is 1.29 bits per heavy atom. The van der Waals surface area contributed by atoms with Gasteiger partial charge < -0.3 is 25.2 Å². The molecule has 0 aliphatic carbocycles. The van der Waals surface area contributed by atoms with Crippen molar-refractivity contribution in [3.05, 3.63) is 0 Å². The van der Waals surface area contributed by atoms with Crippen molar-refractivity contribution in [3.63, 3.8) is 0 Å². The van der Waals surface area contributed by atoms with Crippen LogP contribution in [0.25, 0.3) is 0 Å². The van der Waals surface area contributed by atoms with Crippen LogP contribution in [-0.4, -0.2) is 79.8 Å². The summed E-state index contributed by atoms with van der Waals surface area (Å²) < 4.78 is 5.35. The molecule has 0 bridgehead atoms. The molecule has 0 spiro atoms. The molecule has 24 heavy (non-hydrogen) atoms. The number of guanidine groups is 1. The number of nitrogens with one attached hydrogen (secondary N) is 2. The van der Waals surface area contributed by atoms with Crippen LogP contribution < -0.4 is 10.6 Å². The van der Waals surface area contributed by atoms with E-state index >= 15 is 0 Å². The molecule has 8 heteroatoms. The monoisotopic (exact) mass is 455 g/mol. The molecule has 1 fully saturated rings. The maximum atomic E-state index is 11.9. The standard InChI is InChI=1S/C16H33N5O2.HI/c1-7-20(8-2)10-9-18-14(17-6)19-13-11-21(12-13)15(22)23-16(3,4)5;/h13H,7-12H2,1-6H3,(H2,17,18,19);1H. The molecular formula is C16H34IN5O2. The van der Waals surface area contributed by atoms with Crippen LogP contribution in [0.2, 0.25) is 0 Å². The number of nitrogens with zero attached hydrogens (tertiary/aromatic N) is 3. The average Bonchev–Trinajstić information content (AvgIpc) is 2.42. The van der Waals surface area contributed by atoms with E-state index in [0.29, 0.717) is 13.1 Å². The van der Waals surface area contributed by atoms with E-state index in [-0.39, 0.29) is 36.1 Å². The molecule has 0 saturated carbocycles. The van der Waals surface area contributed by atoms with Gasteiger partial charge in [-0.1, -0.05) is 13.8 Å². The van der Waals surface area contributed by atoms with Crippen LogP contribution in [-0.2, 0) is 4.74 Å². The van der Waals surface area contributed by atoms with E-state index in [1.54, 1.807) is 11.9 Å². The van der Waals surface area contributed by atoms with Crippen molar-refractivity contribution in [1.82, 2.24) is 20.4 Å². The number of likely N-dealkylation sites (tertiary alicyclic amines) is 1. The lowest BCUT2D eigenvalue weighted by Crippen LogP contribution is -2.63. The van der Waals surface area contributed by atoms with Crippen LogP contribution >= 0.6 is 24.0 Å². The highest BCUT2D eigenvalue weighted by Crippen LogP contribution is 2.15. The summed E-state index contributed by atoms with van der Waals surface area (Å²) in [5.74, 6) is 0.783. The fourth-order valence-electron chi connectivity index (χ4n) is 2.31. The van der Waals surface area contributed by atoms with Crippen LogP contribution in [0.3, 0.4) is 0 Å². The Morgan fingerprint density at radius 3 is 2.33 bits per heavy atom. The fourth-order valence-corrected chi connectivity index (χ4v) is 2.31. The molecule has 1 amide bonds. The molecule has 1 rings (SSSR count). The molecule has 1 heterocycles. The Morgan fingerprint density at radius 2 is 1.88 bits per heavy atom. The molecular weight excluding hydrogens is 421 g/mol. The van der Waals surface area contributed by atoms with Gasteiger partial charge in [-0.05, 0) is 33.9 Å². The summed E-state index contributed by atoms with van der Waals surface area (Å²) in [6.45, 7) is 15.2. The molecule has 7 nitrogen and oxygen atoms in total. The number of aliphatic imine (C=N–C) groups is 1. The van der Waals surface area contributed by atoms with E-state index in [1.165, 1.54) is 0 Å². The molecule has 0 unspecified atom stereocenters. The van der Waals surface area contributed by atoms with Gasteiger partial charge in [-0.25, -0.2) is 4.79 Å². The van der Waals surface area contributed by atoms with E-state index in [1.807, 2.05) is 20.8 Å². The molecule has 0 aromatic rings. The maximum absolute atomic E-state index is 11.9. The number of carbonyl (C=O) groups excluding carboxylic acids is 1. The largest absolute Gasteiger partial charge is 0.444 e. The second-order valence-electron chi connectivity index (χ2n) is 6.75. The molecule has 1 aliphatic heterocycles. The summed E-state index contributed by atoms with van der Waals surface area (Å²) in [6, 6.07) is 0.224. The van der Waals surface area contributed by atoms with Crippen LogP contribution in [0.4, 0.5) is 4.79 Å². The van der Waals surface area contributed by atoms with Gasteiger partial charge in [0.2, 0.25) is 0 Å². The average molecular weight is 455 g/mol. The molecule has 142 valence electrons. The highest BCUT2D eigenvalue weighted by atomic mass is 127. The highest BCUT2D eigenvalue weighted by molar-refractivity contribution is 14.0. The topological polar surface area (TPSA) is 69.2 Å². The van der Waals surface area contributed by atoms with Crippen molar-refractivity contribution in [2.24, 2.45) is 4.99 Å². The molecule has 1 saturated heterocycles. The minimum Gasteiger partial charge on any atom is -0.444 e. The molecule has 2 N–H and O–H groups in total. The zero-order valence-corrected chi connectivity index (χ0v) is 18.2. The highest BCUT2D eigenvalue weighted by Gasteiger charge is 2.34. The lowest BCUT2D eigenvalue weighted by Gasteiger charge is -2.40.